The molecule has 91 valence electrons. The van der Waals surface area contributed by atoms with Gasteiger partial charge in [-0.05, 0) is 0 Å². The van der Waals surface area contributed by atoms with Crippen molar-refractivity contribution in [3.05, 3.63) is 63.0 Å². The van der Waals surface area contributed by atoms with Crippen molar-refractivity contribution in [3.63, 3.8) is 0 Å². The van der Waals surface area contributed by atoms with Crippen molar-refractivity contribution in [1.82, 2.24) is 4.98 Å². The fourth-order valence-electron chi connectivity index (χ4n) is 1.43. The molecule has 4 heteroatoms. The summed E-state index contributed by atoms with van der Waals surface area (Å²) >= 11 is -0.200. The fraction of sp³-hybridized carbons (Fsp3) is 0.0667. The zero-order valence-corrected chi connectivity index (χ0v) is 15.6. The van der Waals surface area contributed by atoms with Gasteiger partial charge < -0.3 is 0 Å². The Hall–Kier alpha value is -0.746. The molecular formula is C15H11IN2Y. The van der Waals surface area contributed by atoms with Gasteiger partial charge in [0.15, 0.2) is 0 Å². The maximum Gasteiger partial charge on any atom is 0 e. The zero-order valence-electron chi connectivity index (χ0n) is 10.4. The van der Waals surface area contributed by atoms with Crippen LogP contribution in [-0.4, -0.2) is 9.91 Å². The Labute approximate surface area is 148 Å². The van der Waals surface area contributed by atoms with Crippen LogP contribution >= 0.6 is 21.2 Å². The Kier molecular flexibility index (Phi) is 7.24. The van der Waals surface area contributed by atoms with Crippen LogP contribution in [0.15, 0.2) is 42.6 Å². The minimum atomic E-state index is -0.200. The van der Waals surface area contributed by atoms with Crippen LogP contribution in [-0.2, 0) is 32.7 Å². The Balaban J connectivity index is 0.00000180. The molecule has 0 saturated heterocycles. The molecule has 0 atom stereocenters. The van der Waals surface area contributed by atoms with Gasteiger partial charge >= 0.3 is 117 Å². The van der Waals surface area contributed by atoms with E-state index < -0.39 is 0 Å². The monoisotopic (exact) mass is 435 g/mol. The van der Waals surface area contributed by atoms with E-state index in [1.54, 1.807) is 6.20 Å². The standard InChI is InChI=1S/C15H11IN2.Y/c1-16-14-9-12(8-13(10-14)11-17)5-6-15-4-2-3-7-18-15;/h2-4,7-10,16H,1H3;. The summed E-state index contributed by atoms with van der Waals surface area (Å²) in [5, 5.41) is 8.97. The molecule has 1 radical (unpaired) electrons. The van der Waals surface area contributed by atoms with Gasteiger partial charge in [-0.25, -0.2) is 0 Å². The molecule has 2 nitrogen and oxygen atoms in total. The summed E-state index contributed by atoms with van der Waals surface area (Å²) in [7, 11) is 0. The topological polar surface area (TPSA) is 36.7 Å². The molecule has 0 saturated carbocycles. The van der Waals surface area contributed by atoms with Gasteiger partial charge in [0.2, 0.25) is 0 Å². The molecule has 0 N–H and O–H groups in total. The van der Waals surface area contributed by atoms with Crippen molar-refractivity contribution in [1.29, 1.82) is 5.26 Å². The summed E-state index contributed by atoms with van der Waals surface area (Å²) in [6, 6.07) is 13.7. The van der Waals surface area contributed by atoms with Crippen LogP contribution in [0.2, 0.25) is 0 Å². The van der Waals surface area contributed by atoms with Crippen LogP contribution in [0.3, 0.4) is 0 Å². The Bertz CT molecular complexity index is 651. The molecule has 0 spiro atoms. The second-order valence-corrected chi connectivity index (χ2v) is 6.04. The first-order chi connectivity index (χ1) is 8.81. The normalized spacial score (nSPS) is 8.84. The molecular weight excluding hydrogens is 424 g/mol. The van der Waals surface area contributed by atoms with Crippen molar-refractivity contribution in [2.75, 3.05) is 4.93 Å². The van der Waals surface area contributed by atoms with Crippen molar-refractivity contribution < 1.29 is 32.7 Å². The van der Waals surface area contributed by atoms with Crippen molar-refractivity contribution in [2.24, 2.45) is 0 Å². The maximum absolute atomic E-state index is 8.97. The van der Waals surface area contributed by atoms with Crippen molar-refractivity contribution in [2.45, 2.75) is 0 Å². The van der Waals surface area contributed by atoms with E-state index in [0.717, 1.165) is 11.3 Å². The van der Waals surface area contributed by atoms with E-state index in [0.29, 0.717) is 5.56 Å². The average molecular weight is 435 g/mol. The molecule has 0 aliphatic heterocycles. The Morgan fingerprint density at radius 1 is 1.11 bits per heavy atom. The van der Waals surface area contributed by atoms with Crippen LogP contribution in [0.5, 0.6) is 0 Å². The number of halogens is 1. The summed E-state index contributed by atoms with van der Waals surface area (Å²) < 4.78 is 1.25. The molecule has 1 aromatic carbocycles. The number of alkyl halides is 1. The number of benzene rings is 1. The number of hydrogen-bond acceptors (Lipinski definition) is 2. The van der Waals surface area contributed by atoms with Crippen LogP contribution < -0.4 is 0 Å². The van der Waals surface area contributed by atoms with Gasteiger partial charge in [0.1, 0.15) is 0 Å². The first kappa shape index (κ1) is 16.3. The van der Waals surface area contributed by atoms with E-state index in [9.17, 15) is 0 Å². The number of nitrogens with zero attached hydrogens (tertiary/aromatic N) is 2. The van der Waals surface area contributed by atoms with E-state index in [2.05, 4.69) is 33.9 Å². The SMILES string of the molecule is C[IH]c1cc(C#N)cc(C#Cc2ccccn2)c1.[Y]. The summed E-state index contributed by atoms with van der Waals surface area (Å²) in [5.41, 5.74) is 2.32. The van der Waals surface area contributed by atoms with Gasteiger partial charge in [0, 0.05) is 32.7 Å². The van der Waals surface area contributed by atoms with E-state index in [-0.39, 0.29) is 53.9 Å². The molecule has 19 heavy (non-hydrogen) atoms. The van der Waals surface area contributed by atoms with Crippen molar-refractivity contribution >= 4 is 21.2 Å². The van der Waals surface area contributed by atoms with E-state index in [1.165, 1.54) is 3.57 Å². The number of nitriles is 1. The quantitative estimate of drug-likeness (QED) is 0.393. The van der Waals surface area contributed by atoms with Gasteiger partial charge in [0.25, 0.3) is 0 Å². The molecule has 2 aromatic rings. The molecule has 0 bridgehead atoms. The third kappa shape index (κ3) is 5.03. The van der Waals surface area contributed by atoms with Gasteiger partial charge in [-0.1, -0.05) is 0 Å². The predicted octanol–water partition coefficient (Wildman–Crippen LogP) is 2.85. The first-order valence-electron chi connectivity index (χ1n) is 5.34. The molecule has 0 amide bonds. The van der Waals surface area contributed by atoms with Crippen molar-refractivity contribution in [3.8, 4) is 17.9 Å². The molecule has 0 unspecified atom stereocenters. The third-order valence-electron chi connectivity index (χ3n) is 2.27. The summed E-state index contributed by atoms with van der Waals surface area (Å²) in [6.07, 6.45) is 1.72. The third-order valence-corrected chi connectivity index (χ3v) is 4.29. The van der Waals surface area contributed by atoms with Gasteiger partial charge in [-0.3, -0.25) is 0 Å². The molecule has 0 aliphatic carbocycles. The second-order valence-electron chi connectivity index (χ2n) is 3.53. The fourth-order valence-corrected chi connectivity index (χ4v) is 2.82. The molecule has 0 aliphatic rings. The number of pyridine rings is 1. The molecule has 1 aromatic heterocycles. The largest absolute Gasteiger partial charge is 0 e. The average Bonchev–Trinajstić information content (AvgIpc) is 2.45. The van der Waals surface area contributed by atoms with Crippen LogP contribution in [0.1, 0.15) is 16.8 Å². The van der Waals surface area contributed by atoms with Gasteiger partial charge in [-0.2, -0.15) is 0 Å². The number of aromatic nitrogens is 1. The smallest absolute Gasteiger partial charge is 0 e. The second kappa shape index (κ2) is 8.43. The molecule has 2 rings (SSSR count). The minimum absolute atomic E-state index is 0. The van der Waals surface area contributed by atoms with E-state index in [4.69, 9.17) is 5.26 Å². The molecule has 0 fully saturated rings. The van der Waals surface area contributed by atoms with Crippen LogP contribution in [0, 0.1) is 26.7 Å². The van der Waals surface area contributed by atoms with E-state index in [1.807, 2.05) is 30.3 Å². The summed E-state index contributed by atoms with van der Waals surface area (Å²) in [6.45, 7) is 0. The van der Waals surface area contributed by atoms with Crippen LogP contribution in [0.4, 0.5) is 0 Å². The summed E-state index contributed by atoms with van der Waals surface area (Å²) in [5.74, 6) is 6.08. The summed E-state index contributed by atoms with van der Waals surface area (Å²) in [4.78, 5) is 6.34. The Morgan fingerprint density at radius 2 is 1.89 bits per heavy atom. The van der Waals surface area contributed by atoms with Crippen LogP contribution in [0.25, 0.3) is 0 Å². The maximum atomic E-state index is 8.97. The van der Waals surface area contributed by atoms with Gasteiger partial charge in [-0.15, -0.1) is 0 Å². The molecule has 1 heterocycles. The Morgan fingerprint density at radius 3 is 2.53 bits per heavy atom. The predicted molar refractivity (Wildman–Crippen MR) is 81.4 cm³/mol. The zero-order chi connectivity index (χ0) is 12.8. The van der Waals surface area contributed by atoms with Gasteiger partial charge in [0.05, 0.1) is 0 Å². The van der Waals surface area contributed by atoms with E-state index >= 15 is 0 Å². The minimum Gasteiger partial charge on any atom is 0 e. The first-order valence-corrected chi connectivity index (χ1v) is 8.83. The number of rotatable bonds is 1. The number of hydrogen-bond donors (Lipinski definition) is 0.